The van der Waals surface area contributed by atoms with Gasteiger partial charge >= 0.3 is 5.97 Å². The van der Waals surface area contributed by atoms with Gasteiger partial charge in [0, 0.05) is 17.9 Å². The van der Waals surface area contributed by atoms with E-state index in [1.54, 1.807) is 0 Å². The van der Waals surface area contributed by atoms with E-state index in [1.807, 2.05) is 24.3 Å². The maximum Gasteiger partial charge on any atom is 0.346 e. The van der Waals surface area contributed by atoms with Gasteiger partial charge in [-0.05, 0) is 48.9 Å². The number of rotatable bonds is 4. The highest BCUT2D eigenvalue weighted by molar-refractivity contribution is 7.21. The fraction of sp³-hybridized carbons (Fsp3) is 0.438. The van der Waals surface area contributed by atoms with E-state index in [-0.39, 0.29) is 6.61 Å². The van der Waals surface area contributed by atoms with E-state index in [2.05, 4.69) is 4.90 Å². The molecule has 4 nitrogen and oxygen atoms in total. The highest BCUT2D eigenvalue weighted by Gasteiger charge is 2.23. The third-order valence-electron chi connectivity index (χ3n) is 4.24. The van der Waals surface area contributed by atoms with Crippen molar-refractivity contribution in [2.45, 2.75) is 19.4 Å². The molecule has 1 fully saturated rings. The van der Waals surface area contributed by atoms with Gasteiger partial charge in [0.2, 0.25) is 0 Å². The Labute approximate surface area is 127 Å². The number of hydrogen-bond acceptors (Lipinski definition) is 4. The van der Waals surface area contributed by atoms with Crippen LogP contribution in [0.4, 0.5) is 0 Å². The summed E-state index contributed by atoms with van der Waals surface area (Å²) in [7, 11) is 0. The Morgan fingerprint density at radius 3 is 2.67 bits per heavy atom. The number of carboxylic acid groups (broad SMARTS) is 1. The van der Waals surface area contributed by atoms with Crippen LogP contribution < -0.4 is 0 Å². The number of likely N-dealkylation sites (tertiary alicyclic amines) is 1. The predicted molar refractivity (Wildman–Crippen MR) is 83.9 cm³/mol. The van der Waals surface area contributed by atoms with Crippen molar-refractivity contribution in [1.29, 1.82) is 0 Å². The molecular formula is C16H19NO3S. The summed E-state index contributed by atoms with van der Waals surface area (Å²) in [5, 5.41) is 19.7. The van der Waals surface area contributed by atoms with Gasteiger partial charge in [-0.25, -0.2) is 4.79 Å². The van der Waals surface area contributed by atoms with Crippen molar-refractivity contribution in [3.63, 3.8) is 0 Å². The Morgan fingerprint density at radius 2 is 2.00 bits per heavy atom. The first-order valence-electron chi connectivity index (χ1n) is 7.26. The van der Waals surface area contributed by atoms with Gasteiger partial charge in [0.15, 0.2) is 0 Å². The summed E-state index contributed by atoms with van der Waals surface area (Å²) in [5.41, 5.74) is 0.936. The van der Waals surface area contributed by atoms with Crippen molar-refractivity contribution in [1.82, 2.24) is 4.90 Å². The number of nitrogens with zero attached hydrogens (tertiary/aromatic N) is 1. The van der Waals surface area contributed by atoms with Gasteiger partial charge in [-0.3, -0.25) is 4.90 Å². The van der Waals surface area contributed by atoms with Gasteiger partial charge in [0.1, 0.15) is 4.88 Å². The second-order valence-corrected chi connectivity index (χ2v) is 6.67. The van der Waals surface area contributed by atoms with E-state index in [0.29, 0.717) is 17.3 Å². The zero-order valence-corrected chi connectivity index (χ0v) is 12.6. The monoisotopic (exact) mass is 305 g/mol. The number of benzene rings is 1. The number of carbonyl (C=O) groups is 1. The largest absolute Gasteiger partial charge is 0.477 e. The lowest BCUT2D eigenvalue weighted by Crippen LogP contribution is -2.34. The van der Waals surface area contributed by atoms with Crippen molar-refractivity contribution in [2.24, 2.45) is 5.92 Å². The molecule has 1 aromatic heterocycles. The molecule has 0 unspecified atom stereocenters. The Hall–Kier alpha value is -1.43. The molecule has 0 atom stereocenters. The molecule has 1 saturated heterocycles. The zero-order valence-electron chi connectivity index (χ0n) is 11.8. The fourth-order valence-electron chi connectivity index (χ4n) is 2.98. The van der Waals surface area contributed by atoms with E-state index in [4.69, 9.17) is 0 Å². The Bertz CT molecular complexity index is 644. The standard InChI is InChI=1S/C16H19NO3S/c18-10-11-5-7-17(8-6-11)9-13-12-3-1-2-4-14(12)21-15(13)16(19)20/h1-4,11,18H,5-10H2,(H,19,20). The lowest BCUT2D eigenvalue weighted by molar-refractivity contribution is 0.0699. The van der Waals surface area contributed by atoms with Crippen LogP contribution in [0, 0.1) is 5.92 Å². The summed E-state index contributed by atoms with van der Waals surface area (Å²) in [5.74, 6) is -0.434. The summed E-state index contributed by atoms with van der Waals surface area (Å²) in [6.07, 6.45) is 1.97. The van der Waals surface area contributed by atoms with Gasteiger partial charge in [0.05, 0.1) is 0 Å². The molecule has 0 amide bonds. The molecule has 0 spiro atoms. The normalized spacial score (nSPS) is 17.4. The van der Waals surface area contributed by atoms with Gasteiger partial charge in [-0.15, -0.1) is 11.3 Å². The van der Waals surface area contributed by atoms with Crippen molar-refractivity contribution in [2.75, 3.05) is 19.7 Å². The molecule has 0 aliphatic carbocycles. The molecule has 1 aliphatic heterocycles. The van der Waals surface area contributed by atoms with Crippen LogP contribution in [0.25, 0.3) is 10.1 Å². The van der Waals surface area contributed by atoms with Gasteiger partial charge < -0.3 is 10.2 Å². The SMILES string of the molecule is O=C(O)c1sc2ccccc2c1CN1CCC(CO)CC1. The van der Waals surface area contributed by atoms with Crippen LogP contribution in [0.3, 0.4) is 0 Å². The first-order valence-corrected chi connectivity index (χ1v) is 8.07. The number of fused-ring (bicyclic) bond motifs is 1. The van der Waals surface area contributed by atoms with E-state index in [0.717, 1.165) is 41.6 Å². The maximum atomic E-state index is 11.5. The Morgan fingerprint density at radius 1 is 1.29 bits per heavy atom. The third-order valence-corrected chi connectivity index (χ3v) is 5.44. The summed E-state index contributed by atoms with van der Waals surface area (Å²) >= 11 is 1.36. The van der Waals surface area contributed by atoms with E-state index in [1.165, 1.54) is 11.3 Å². The minimum Gasteiger partial charge on any atom is -0.477 e. The minimum absolute atomic E-state index is 0.260. The number of aliphatic hydroxyl groups is 1. The smallest absolute Gasteiger partial charge is 0.346 e. The van der Waals surface area contributed by atoms with Gasteiger partial charge in [-0.2, -0.15) is 0 Å². The van der Waals surface area contributed by atoms with Crippen molar-refractivity contribution in [3.8, 4) is 0 Å². The number of hydrogen-bond donors (Lipinski definition) is 2. The Kier molecular flexibility index (Phi) is 4.24. The van der Waals surface area contributed by atoms with Crippen LogP contribution in [-0.2, 0) is 6.54 Å². The van der Waals surface area contributed by atoms with Crippen molar-refractivity contribution < 1.29 is 15.0 Å². The maximum absolute atomic E-state index is 11.5. The topological polar surface area (TPSA) is 60.8 Å². The first-order chi connectivity index (χ1) is 10.2. The molecule has 2 heterocycles. The zero-order chi connectivity index (χ0) is 14.8. The lowest BCUT2D eigenvalue weighted by atomic mass is 9.97. The first kappa shape index (κ1) is 14.5. The molecule has 112 valence electrons. The van der Waals surface area contributed by atoms with Crippen LogP contribution in [0.5, 0.6) is 0 Å². The molecule has 2 aromatic rings. The average molecular weight is 305 g/mol. The molecule has 0 bridgehead atoms. The van der Waals surface area contributed by atoms with Crippen molar-refractivity contribution >= 4 is 27.4 Å². The number of carboxylic acids is 1. The molecule has 1 aromatic carbocycles. The van der Waals surface area contributed by atoms with Crippen LogP contribution in [-0.4, -0.2) is 40.8 Å². The van der Waals surface area contributed by atoms with Gasteiger partial charge in [0.25, 0.3) is 0 Å². The average Bonchev–Trinajstić information content (AvgIpc) is 2.87. The number of aromatic carboxylic acids is 1. The minimum atomic E-state index is -0.837. The summed E-state index contributed by atoms with van der Waals surface area (Å²) in [4.78, 5) is 14.2. The quantitative estimate of drug-likeness (QED) is 0.912. The molecule has 0 radical (unpaired) electrons. The summed E-state index contributed by atoms with van der Waals surface area (Å²) in [6, 6.07) is 7.89. The number of piperidine rings is 1. The third kappa shape index (κ3) is 2.95. The van der Waals surface area contributed by atoms with Crippen molar-refractivity contribution in [3.05, 3.63) is 34.7 Å². The van der Waals surface area contributed by atoms with Crippen LogP contribution in [0.15, 0.2) is 24.3 Å². The molecule has 5 heteroatoms. The summed E-state index contributed by atoms with van der Waals surface area (Å²) < 4.78 is 1.04. The Balaban J connectivity index is 1.86. The van der Waals surface area contributed by atoms with Crippen LogP contribution in [0.1, 0.15) is 28.1 Å². The van der Waals surface area contributed by atoms with E-state index in [9.17, 15) is 15.0 Å². The molecule has 3 rings (SSSR count). The molecule has 21 heavy (non-hydrogen) atoms. The van der Waals surface area contributed by atoms with Gasteiger partial charge in [-0.1, -0.05) is 18.2 Å². The molecule has 2 N–H and O–H groups in total. The highest BCUT2D eigenvalue weighted by Crippen LogP contribution is 2.33. The number of aliphatic hydroxyl groups excluding tert-OH is 1. The fourth-order valence-corrected chi connectivity index (χ4v) is 4.03. The van der Waals surface area contributed by atoms with Crippen LogP contribution >= 0.6 is 11.3 Å². The molecule has 1 aliphatic rings. The van der Waals surface area contributed by atoms with Crippen LogP contribution in [0.2, 0.25) is 0 Å². The predicted octanol–water partition coefficient (Wildman–Crippen LogP) is 2.80. The molecular weight excluding hydrogens is 286 g/mol. The summed E-state index contributed by atoms with van der Waals surface area (Å²) in [6.45, 7) is 2.79. The molecule has 0 saturated carbocycles. The number of thiophene rings is 1. The highest BCUT2D eigenvalue weighted by atomic mass is 32.1. The second-order valence-electron chi connectivity index (χ2n) is 5.61. The second kappa shape index (κ2) is 6.13. The van der Waals surface area contributed by atoms with E-state index < -0.39 is 5.97 Å². The lowest BCUT2D eigenvalue weighted by Gasteiger charge is -2.31. The van der Waals surface area contributed by atoms with E-state index >= 15 is 0 Å².